The van der Waals surface area contributed by atoms with Crippen LogP contribution in [-0.2, 0) is 14.3 Å². The van der Waals surface area contributed by atoms with Crippen molar-refractivity contribution in [2.45, 2.75) is 6.92 Å². The summed E-state index contributed by atoms with van der Waals surface area (Å²) >= 11 is 3.36. The van der Waals surface area contributed by atoms with Crippen LogP contribution in [-0.4, -0.2) is 47.9 Å². The third-order valence-electron chi connectivity index (χ3n) is 3.41. The molecule has 2 amide bonds. The Kier molecular flexibility index (Phi) is 6.35. The third kappa shape index (κ3) is 5.46. The molecule has 2 aromatic rings. The van der Waals surface area contributed by atoms with Crippen molar-refractivity contribution in [3.05, 3.63) is 52.3 Å². The number of rotatable bonds is 6. The Bertz CT molecular complexity index is 774. The zero-order valence-electron chi connectivity index (χ0n) is 13.8. The monoisotopic (exact) mass is 407 g/mol. The molecule has 2 rings (SSSR count). The molecule has 0 aliphatic carbocycles. The van der Waals surface area contributed by atoms with Crippen LogP contribution in [0.15, 0.2) is 41.0 Å². The van der Waals surface area contributed by atoms with Gasteiger partial charge in [-0.05, 0) is 42.8 Å². The van der Waals surface area contributed by atoms with E-state index in [4.69, 9.17) is 4.74 Å². The first kappa shape index (κ1) is 18.7. The summed E-state index contributed by atoms with van der Waals surface area (Å²) < 4.78 is 5.82. The maximum atomic E-state index is 12.1. The van der Waals surface area contributed by atoms with Crippen molar-refractivity contribution in [1.29, 1.82) is 0 Å². The molecule has 0 spiro atoms. The predicted octanol–water partition coefficient (Wildman–Crippen LogP) is 2.34. The zero-order chi connectivity index (χ0) is 18.4. The second-order valence-corrected chi connectivity index (χ2v) is 6.33. The van der Waals surface area contributed by atoms with Gasteiger partial charge in [-0.15, -0.1) is 0 Å². The van der Waals surface area contributed by atoms with Gasteiger partial charge in [0.15, 0.2) is 6.61 Å². The minimum Gasteiger partial charge on any atom is -0.451 e. The molecule has 2 N–H and O–H groups in total. The molecule has 132 valence electrons. The SMILES string of the molecule is Cc1cc(Br)ccc1NC(=O)CN(C)C(=O)COC(=O)c1ccc[nH]1. The second kappa shape index (κ2) is 8.48. The minimum absolute atomic E-state index is 0.144. The number of aromatic amines is 1. The summed E-state index contributed by atoms with van der Waals surface area (Å²) in [4.78, 5) is 39.6. The number of carbonyl (C=O) groups excluding carboxylic acids is 3. The van der Waals surface area contributed by atoms with Gasteiger partial charge in [0.2, 0.25) is 5.91 Å². The number of ether oxygens (including phenoxy) is 1. The van der Waals surface area contributed by atoms with Crippen LogP contribution in [0.3, 0.4) is 0 Å². The highest BCUT2D eigenvalue weighted by Crippen LogP contribution is 2.19. The quantitative estimate of drug-likeness (QED) is 0.718. The number of carbonyl (C=O) groups is 3. The average Bonchev–Trinajstić information content (AvgIpc) is 3.09. The number of halogens is 1. The minimum atomic E-state index is -0.623. The van der Waals surface area contributed by atoms with E-state index in [0.29, 0.717) is 5.69 Å². The van der Waals surface area contributed by atoms with Gasteiger partial charge in [0, 0.05) is 23.4 Å². The first-order valence-corrected chi connectivity index (χ1v) is 8.26. The van der Waals surface area contributed by atoms with Crippen LogP contribution in [0.2, 0.25) is 0 Å². The molecule has 25 heavy (non-hydrogen) atoms. The fraction of sp³-hybridized carbons (Fsp3) is 0.235. The lowest BCUT2D eigenvalue weighted by Crippen LogP contribution is -2.37. The standard InChI is InChI=1S/C17H18BrN3O4/c1-11-8-12(18)5-6-13(11)20-15(22)9-21(2)16(23)10-25-17(24)14-4-3-7-19-14/h3-8,19H,9-10H2,1-2H3,(H,20,22). The molecule has 1 heterocycles. The summed E-state index contributed by atoms with van der Waals surface area (Å²) in [5.41, 5.74) is 1.84. The number of aromatic nitrogens is 1. The van der Waals surface area contributed by atoms with E-state index in [9.17, 15) is 14.4 Å². The maximum absolute atomic E-state index is 12.1. The molecule has 0 saturated carbocycles. The van der Waals surface area contributed by atoms with E-state index in [2.05, 4.69) is 26.2 Å². The molecule has 0 aliphatic rings. The number of aryl methyl sites for hydroxylation is 1. The number of benzene rings is 1. The lowest BCUT2D eigenvalue weighted by molar-refractivity contribution is -0.136. The van der Waals surface area contributed by atoms with Gasteiger partial charge in [0.05, 0.1) is 6.54 Å². The lowest BCUT2D eigenvalue weighted by Gasteiger charge is -2.17. The predicted molar refractivity (Wildman–Crippen MR) is 96.2 cm³/mol. The summed E-state index contributed by atoms with van der Waals surface area (Å²) in [6, 6.07) is 8.67. The molecule has 1 aromatic carbocycles. The van der Waals surface area contributed by atoms with Gasteiger partial charge in [-0.1, -0.05) is 15.9 Å². The number of hydrogen-bond donors (Lipinski definition) is 2. The summed E-state index contributed by atoms with van der Waals surface area (Å²) in [5, 5.41) is 2.74. The van der Waals surface area contributed by atoms with Crippen LogP contribution in [0.25, 0.3) is 0 Å². The molecule has 0 fully saturated rings. The van der Waals surface area contributed by atoms with E-state index in [1.165, 1.54) is 11.9 Å². The van der Waals surface area contributed by atoms with Crippen LogP contribution in [0.5, 0.6) is 0 Å². The number of nitrogens with one attached hydrogen (secondary N) is 2. The average molecular weight is 408 g/mol. The fourth-order valence-electron chi connectivity index (χ4n) is 2.03. The van der Waals surface area contributed by atoms with Crippen molar-refractivity contribution in [3.8, 4) is 0 Å². The zero-order valence-corrected chi connectivity index (χ0v) is 15.4. The van der Waals surface area contributed by atoms with Gasteiger partial charge < -0.3 is 19.9 Å². The maximum Gasteiger partial charge on any atom is 0.355 e. The molecule has 8 heteroatoms. The second-order valence-electron chi connectivity index (χ2n) is 5.42. The largest absolute Gasteiger partial charge is 0.451 e. The van der Waals surface area contributed by atoms with E-state index in [1.807, 2.05) is 19.1 Å². The summed E-state index contributed by atoms with van der Waals surface area (Å²) in [6.07, 6.45) is 1.58. The third-order valence-corrected chi connectivity index (χ3v) is 3.91. The molecule has 0 saturated heterocycles. The first-order valence-electron chi connectivity index (χ1n) is 7.47. The van der Waals surface area contributed by atoms with Crippen molar-refractivity contribution in [3.63, 3.8) is 0 Å². The van der Waals surface area contributed by atoms with E-state index >= 15 is 0 Å². The van der Waals surface area contributed by atoms with Crippen molar-refractivity contribution in [1.82, 2.24) is 9.88 Å². The Morgan fingerprint density at radius 3 is 2.68 bits per heavy atom. The van der Waals surface area contributed by atoms with Crippen LogP contribution in [0, 0.1) is 6.92 Å². The van der Waals surface area contributed by atoms with Gasteiger partial charge >= 0.3 is 5.97 Å². The Morgan fingerprint density at radius 2 is 2.04 bits per heavy atom. The molecule has 7 nitrogen and oxygen atoms in total. The number of anilines is 1. The van der Waals surface area contributed by atoms with Gasteiger partial charge in [-0.3, -0.25) is 9.59 Å². The van der Waals surface area contributed by atoms with Crippen LogP contribution in [0.1, 0.15) is 16.1 Å². The number of likely N-dealkylation sites (N-methyl/N-ethyl adjacent to an activating group) is 1. The Morgan fingerprint density at radius 1 is 1.28 bits per heavy atom. The number of nitrogens with zero attached hydrogens (tertiary/aromatic N) is 1. The number of hydrogen-bond acceptors (Lipinski definition) is 4. The lowest BCUT2D eigenvalue weighted by atomic mass is 10.2. The van der Waals surface area contributed by atoms with Crippen molar-refractivity contribution in [2.75, 3.05) is 25.5 Å². The van der Waals surface area contributed by atoms with Gasteiger partial charge in [0.25, 0.3) is 5.91 Å². The Labute approximate surface area is 153 Å². The van der Waals surface area contributed by atoms with Crippen LogP contribution < -0.4 is 5.32 Å². The Hall–Kier alpha value is -2.61. The molecular weight excluding hydrogens is 390 g/mol. The summed E-state index contributed by atoms with van der Waals surface area (Å²) in [6.45, 7) is 1.29. The summed E-state index contributed by atoms with van der Waals surface area (Å²) in [5.74, 6) is -1.43. The van der Waals surface area contributed by atoms with E-state index in [0.717, 1.165) is 10.0 Å². The van der Waals surface area contributed by atoms with E-state index in [-0.39, 0.29) is 18.1 Å². The van der Waals surface area contributed by atoms with E-state index in [1.54, 1.807) is 24.4 Å². The van der Waals surface area contributed by atoms with Crippen molar-refractivity contribution < 1.29 is 19.1 Å². The van der Waals surface area contributed by atoms with Crippen molar-refractivity contribution in [2.24, 2.45) is 0 Å². The molecule has 0 radical (unpaired) electrons. The number of esters is 1. The number of H-pyrrole nitrogens is 1. The van der Waals surface area contributed by atoms with Crippen LogP contribution >= 0.6 is 15.9 Å². The molecular formula is C17H18BrN3O4. The Balaban J connectivity index is 1.81. The highest BCUT2D eigenvalue weighted by atomic mass is 79.9. The van der Waals surface area contributed by atoms with E-state index < -0.39 is 18.5 Å². The van der Waals surface area contributed by atoms with Gasteiger partial charge in [-0.25, -0.2) is 4.79 Å². The topological polar surface area (TPSA) is 91.5 Å². The molecule has 0 bridgehead atoms. The molecule has 0 atom stereocenters. The van der Waals surface area contributed by atoms with Crippen molar-refractivity contribution >= 4 is 39.4 Å². The fourth-order valence-corrected chi connectivity index (χ4v) is 2.51. The summed E-state index contributed by atoms with van der Waals surface area (Å²) in [7, 11) is 1.47. The molecule has 1 aromatic heterocycles. The van der Waals surface area contributed by atoms with Crippen LogP contribution in [0.4, 0.5) is 5.69 Å². The van der Waals surface area contributed by atoms with Gasteiger partial charge in [-0.2, -0.15) is 0 Å². The smallest absolute Gasteiger partial charge is 0.355 e. The first-order chi connectivity index (χ1) is 11.9. The highest BCUT2D eigenvalue weighted by molar-refractivity contribution is 9.10. The highest BCUT2D eigenvalue weighted by Gasteiger charge is 2.16. The van der Waals surface area contributed by atoms with Gasteiger partial charge in [0.1, 0.15) is 5.69 Å². The molecule has 0 aliphatic heterocycles. The normalized spacial score (nSPS) is 10.2. The number of amides is 2. The molecule has 0 unspecified atom stereocenters.